The van der Waals surface area contributed by atoms with Crippen LogP contribution in [0.3, 0.4) is 0 Å². The molecule has 0 radical (unpaired) electrons. The number of phenolic OH excluding ortho intramolecular Hbond substituents is 1. The zero-order valence-corrected chi connectivity index (χ0v) is 21.5. The van der Waals surface area contributed by atoms with Gasteiger partial charge in [0.25, 0.3) is 0 Å². The van der Waals surface area contributed by atoms with Crippen molar-refractivity contribution in [2.75, 3.05) is 20.1 Å². The average molecular weight is 515 g/mol. The lowest BCUT2D eigenvalue weighted by molar-refractivity contribution is -0.200. The van der Waals surface area contributed by atoms with Crippen molar-refractivity contribution in [3.05, 3.63) is 47.4 Å². The van der Waals surface area contributed by atoms with Crippen LogP contribution in [0.2, 0.25) is 0 Å². The number of rotatable bonds is 6. The quantitative estimate of drug-likeness (QED) is 0.614. The minimum absolute atomic E-state index is 0. The number of nitrogens with zero attached hydrogens (tertiary/aromatic N) is 2. The third-order valence-corrected chi connectivity index (χ3v) is 9.79. The normalized spacial score (nSPS) is 33.9. The number of aryl methyl sites for hydroxylation is 1. The Labute approximate surface area is 217 Å². The number of carbonyl (C=O) groups is 1. The van der Waals surface area contributed by atoms with Crippen LogP contribution in [0.4, 0.5) is 0 Å². The van der Waals surface area contributed by atoms with Crippen LogP contribution < -0.4 is 4.74 Å². The van der Waals surface area contributed by atoms with Gasteiger partial charge < -0.3 is 24.3 Å². The highest BCUT2D eigenvalue weighted by Crippen LogP contribution is 2.66. The van der Waals surface area contributed by atoms with Gasteiger partial charge in [0.15, 0.2) is 11.5 Å². The average Bonchev–Trinajstić information content (AvgIpc) is 3.36. The predicted molar refractivity (Wildman–Crippen MR) is 136 cm³/mol. The maximum Gasteiger partial charge on any atom is 0.223 e. The van der Waals surface area contributed by atoms with E-state index >= 15 is 0 Å². The fraction of sp³-hybridized carbons (Fsp3) is 0.607. The molecule has 1 aromatic heterocycles. The number of likely N-dealkylation sites (N-methyl/N-ethyl adjacent to an activating group) is 1. The molecule has 194 valence electrons. The van der Waals surface area contributed by atoms with Crippen LogP contribution in [-0.2, 0) is 23.1 Å². The predicted octanol–water partition coefficient (Wildman–Crippen LogP) is 3.43. The van der Waals surface area contributed by atoms with Crippen LogP contribution in [-0.4, -0.2) is 69.8 Å². The van der Waals surface area contributed by atoms with E-state index in [0.29, 0.717) is 31.4 Å². The summed E-state index contributed by atoms with van der Waals surface area (Å²) in [6.07, 6.45) is 7.66. The van der Waals surface area contributed by atoms with Crippen LogP contribution in [0.25, 0.3) is 0 Å². The second-order valence-electron chi connectivity index (χ2n) is 11.5. The lowest BCUT2D eigenvalue weighted by atomic mass is 9.48. The number of benzene rings is 1. The minimum atomic E-state index is -0.925. The van der Waals surface area contributed by atoms with Gasteiger partial charge >= 0.3 is 0 Å². The molecule has 2 aliphatic heterocycles. The lowest BCUT2D eigenvalue weighted by Gasteiger charge is -2.64. The lowest BCUT2D eigenvalue weighted by Crippen LogP contribution is -2.78. The fourth-order valence-electron chi connectivity index (χ4n) is 7.90. The van der Waals surface area contributed by atoms with E-state index < -0.39 is 11.0 Å². The van der Waals surface area contributed by atoms with Crippen molar-refractivity contribution in [2.24, 2.45) is 5.92 Å². The first-order valence-electron chi connectivity index (χ1n) is 13.2. The fourth-order valence-corrected chi connectivity index (χ4v) is 7.90. The molecular formula is C28H35ClN2O5. The van der Waals surface area contributed by atoms with Gasteiger partial charge in [0.2, 0.25) is 5.91 Å². The Morgan fingerprint density at radius 1 is 1.22 bits per heavy atom. The Morgan fingerprint density at radius 2 is 2.06 bits per heavy atom. The summed E-state index contributed by atoms with van der Waals surface area (Å²) in [5, 5.41) is 23.3. The summed E-state index contributed by atoms with van der Waals surface area (Å²) in [7, 11) is 1.87. The number of hydrogen-bond acceptors (Lipinski definition) is 6. The number of aromatic hydroxyl groups is 1. The Morgan fingerprint density at radius 3 is 2.81 bits per heavy atom. The second kappa shape index (κ2) is 8.40. The van der Waals surface area contributed by atoms with Crippen molar-refractivity contribution in [1.82, 2.24) is 9.80 Å². The Bertz CT molecular complexity index is 1170. The first-order chi connectivity index (χ1) is 16.9. The van der Waals surface area contributed by atoms with Crippen molar-refractivity contribution in [1.29, 1.82) is 0 Å². The molecule has 5 aliphatic rings. The number of phenols is 1. The summed E-state index contributed by atoms with van der Waals surface area (Å²) in [5.74, 6) is 2.29. The van der Waals surface area contributed by atoms with E-state index in [1.54, 1.807) is 12.3 Å². The molecule has 3 aliphatic carbocycles. The molecule has 3 fully saturated rings. The number of furan rings is 1. The number of halogens is 1. The third-order valence-electron chi connectivity index (χ3n) is 9.79. The molecule has 36 heavy (non-hydrogen) atoms. The number of amides is 1. The standard InChI is InChI=1S/C28H34N2O5.ClH/c1-29(23(32)9-7-19-3-2-14-34-19)20-10-11-28(33)22-15-18-6-8-21(31)25-24(18)27(28,26(20)35-25)12-13-30(22)16-17-4-5-17;/h2-3,6,8,14,17,20,22,26,31,33H,4-5,7,9-13,15-16H2,1H3;1H/t20-,22+,26-,27-,28+;/m0./s1. The molecule has 1 amide bonds. The molecule has 2 aromatic rings. The number of carbonyl (C=O) groups excluding carboxylic acids is 1. The first-order valence-corrected chi connectivity index (χ1v) is 13.2. The van der Waals surface area contributed by atoms with E-state index in [0.717, 1.165) is 43.2 Å². The molecule has 2 bridgehead atoms. The highest BCUT2D eigenvalue weighted by Gasteiger charge is 2.73. The van der Waals surface area contributed by atoms with Gasteiger partial charge in [-0.25, -0.2) is 0 Å². The first kappa shape index (κ1) is 24.1. The Hall–Kier alpha value is -2.22. The molecule has 7 nitrogen and oxygen atoms in total. The third kappa shape index (κ3) is 3.21. The van der Waals surface area contributed by atoms with Gasteiger partial charge in [0.05, 0.1) is 23.3 Å². The smallest absolute Gasteiger partial charge is 0.223 e. The molecule has 1 aromatic carbocycles. The minimum Gasteiger partial charge on any atom is -0.504 e. The van der Waals surface area contributed by atoms with Gasteiger partial charge in [-0.2, -0.15) is 0 Å². The highest BCUT2D eigenvalue weighted by atomic mass is 35.5. The van der Waals surface area contributed by atoms with Crippen LogP contribution in [0.1, 0.15) is 55.4 Å². The number of ether oxygens (including phenoxy) is 1. The number of hydrogen-bond donors (Lipinski definition) is 2. The number of piperidine rings is 1. The van der Waals surface area contributed by atoms with Gasteiger partial charge in [-0.3, -0.25) is 9.69 Å². The Balaban J connectivity index is 0.00000240. The van der Waals surface area contributed by atoms with Crippen molar-refractivity contribution in [2.45, 2.75) is 80.6 Å². The molecule has 7 rings (SSSR count). The van der Waals surface area contributed by atoms with E-state index in [1.807, 2.05) is 30.1 Å². The van der Waals surface area contributed by atoms with E-state index in [2.05, 4.69) is 4.90 Å². The van der Waals surface area contributed by atoms with E-state index in [9.17, 15) is 15.0 Å². The SMILES string of the molecule is CN(C(=O)CCc1ccco1)[C@H]1CC[C@@]2(O)[C@H]3Cc4ccc(O)c5c4[C@@]2(CCN3CC2CC2)[C@H]1O5.Cl. The molecule has 2 N–H and O–H groups in total. The second-order valence-corrected chi connectivity index (χ2v) is 11.5. The van der Waals surface area contributed by atoms with Crippen molar-refractivity contribution < 1.29 is 24.2 Å². The molecule has 1 saturated heterocycles. The van der Waals surface area contributed by atoms with E-state index in [-0.39, 0.29) is 42.3 Å². The molecule has 8 heteroatoms. The monoisotopic (exact) mass is 514 g/mol. The van der Waals surface area contributed by atoms with E-state index in [4.69, 9.17) is 9.15 Å². The topological polar surface area (TPSA) is 86.4 Å². The molecule has 1 spiro atoms. The van der Waals surface area contributed by atoms with Crippen molar-refractivity contribution in [3.63, 3.8) is 0 Å². The summed E-state index contributed by atoms with van der Waals surface area (Å²) in [4.78, 5) is 17.6. The molecular weight excluding hydrogens is 480 g/mol. The summed E-state index contributed by atoms with van der Waals surface area (Å²) in [6, 6.07) is 7.38. The Kier molecular flexibility index (Phi) is 5.63. The zero-order chi connectivity index (χ0) is 23.9. The van der Waals surface area contributed by atoms with Crippen molar-refractivity contribution in [3.8, 4) is 11.5 Å². The van der Waals surface area contributed by atoms with Crippen molar-refractivity contribution >= 4 is 18.3 Å². The number of likely N-dealkylation sites (tertiary alicyclic amines) is 1. The largest absolute Gasteiger partial charge is 0.504 e. The van der Waals surface area contributed by atoms with Crippen LogP contribution in [0.5, 0.6) is 11.5 Å². The van der Waals surface area contributed by atoms with E-state index in [1.165, 1.54) is 18.4 Å². The zero-order valence-electron chi connectivity index (χ0n) is 20.7. The van der Waals surface area contributed by atoms with Gasteiger partial charge in [-0.05, 0) is 74.8 Å². The summed E-state index contributed by atoms with van der Waals surface area (Å²) >= 11 is 0. The van der Waals surface area contributed by atoms with Gasteiger partial charge in [-0.15, -0.1) is 12.4 Å². The molecule has 2 saturated carbocycles. The highest BCUT2D eigenvalue weighted by molar-refractivity contribution is 5.85. The summed E-state index contributed by atoms with van der Waals surface area (Å²) < 4.78 is 12.0. The van der Waals surface area contributed by atoms with Gasteiger partial charge in [0, 0.05) is 38.0 Å². The van der Waals surface area contributed by atoms with Crippen LogP contribution >= 0.6 is 12.4 Å². The van der Waals surface area contributed by atoms with Gasteiger partial charge in [0.1, 0.15) is 11.9 Å². The summed E-state index contributed by atoms with van der Waals surface area (Å²) in [5.41, 5.74) is 0.667. The van der Waals surface area contributed by atoms with Crippen LogP contribution in [0, 0.1) is 5.92 Å². The number of aliphatic hydroxyl groups is 1. The maximum atomic E-state index is 13.3. The molecule has 5 atom stereocenters. The molecule has 3 heterocycles. The maximum absolute atomic E-state index is 13.3. The van der Waals surface area contributed by atoms with Crippen LogP contribution in [0.15, 0.2) is 34.9 Å². The summed E-state index contributed by atoms with van der Waals surface area (Å²) in [6.45, 7) is 1.98. The van der Waals surface area contributed by atoms with Gasteiger partial charge in [-0.1, -0.05) is 6.07 Å². The molecule has 0 unspecified atom stereocenters.